The maximum atomic E-state index is 13.0. The first-order valence-electron chi connectivity index (χ1n) is 11.4. The molecule has 168 valence electrons. The number of unbranched alkanes of at least 4 members (excludes halogenated alkanes) is 1. The van der Waals surface area contributed by atoms with Crippen LogP contribution in [0.5, 0.6) is 5.75 Å². The summed E-state index contributed by atoms with van der Waals surface area (Å²) in [6, 6.07) is 18.0. The summed E-state index contributed by atoms with van der Waals surface area (Å²) < 4.78 is 5.48. The fourth-order valence-corrected chi connectivity index (χ4v) is 4.60. The van der Waals surface area contributed by atoms with E-state index in [2.05, 4.69) is 47.4 Å². The number of fused-ring (bicyclic) bond motifs is 1. The van der Waals surface area contributed by atoms with Crippen LogP contribution < -0.4 is 10.1 Å². The van der Waals surface area contributed by atoms with Crippen molar-refractivity contribution >= 4 is 17.3 Å². The highest BCUT2D eigenvalue weighted by Crippen LogP contribution is 2.41. The van der Waals surface area contributed by atoms with Gasteiger partial charge in [-0.15, -0.1) is 6.42 Å². The summed E-state index contributed by atoms with van der Waals surface area (Å²) in [5.74, 6) is 2.95. The van der Waals surface area contributed by atoms with Crippen LogP contribution in [0.1, 0.15) is 48.9 Å². The molecule has 0 unspecified atom stereocenters. The molecule has 1 aliphatic heterocycles. The molecule has 2 aromatic carbocycles. The van der Waals surface area contributed by atoms with E-state index in [9.17, 15) is 4.79 Å². The van der Waals surface area contributed by atoms with Gasteiger partial charge in [0.05, 0.1) is 25.0 Å². The fourth-order valence-electron chi connectivity index (χ4n) is 4.60. The highest BCUT2D eigenvalue weighted by molar-refractivity contribution is 5.94. The predicted octanol–water partition coefficient (Wildman–Crippen LogP) is 5.50. The van der Waals surface area contributed by atoms with E-state index in [0.29, 0.717) is 0 Å². The SMILES string of the molecule is C#CC(=O)N1[C@@H](CCCC)Cc2cc(OC)ccc2[C@@H]1c1ccc(Nc2cccnc2)cc1. The first-order chi connectivity index (χ1) is 16.1. The summed E-state index contributed by atoms with van der Waals surface area (Å²) in [5, 5.41) is 3.36. The van der Waals surface area contributed by atoms with Crippen LogP contribution in [0, 0.1) is 12.3 Å². The van der Waals surface area contributed by atoms with Crippen molar-refractivity contribution in [3.05, 3.63) is 83.7 Å². The van der Waals surface area contributed by atoms with Crippen LogP contribution in [0.2, 0.25) is 0 Å². The zero-order chi connectivity index (χ0) is 23.2. The Hall–Kier alpha value is -3.78. The molecule has 0 fully saturated rings. The van der Waals surface area contributed by atoms with Gasteiger partial charge in [0.15, 0.2) is 0 Å². The van der Waals surface area contributed by atoms with Gasteiger partial charge >= 0.3 is 0 Å². The topological polar surface area (TPSA) is 54.5 Å². The van der Waals surface area contributed by atoms with Gasteiger partial charge in [-0.1, -0.05) is 38.0 Å². The summed E-state index contributed by atoms with van der Waals surface area (Å²) in [4.78, 5) is 19.1. The minimum absolute atomic E-state index is 0.0475. The Morgan fingerprint density at radius 1 is 1.21 bits per heavy atom. The van der Waals surface area contributed by atoms with Crippen LogP contribution in [0.25, 0.3) is 0 Å². The number of pyridine rings is 1. The third-order valence-electron chi connectivity index (χ3n) is 6.20. The number of rotatable bonds is 7. The largest absolute Gasteiger partial charge is 0.497 e. The normalized spacial score (nSPS) is 17.1. The fraction of sp³-hybridized carbons (Fsp3) is 0.286. The van der Waals surface area contributed by atoms with Gasteiger partial charge in [0.25, 0.3) is 5.91 Å². The standard InChI is InChI=1S/C28H29N3O2/c1-4-6-9-24-17-21-18-25(33-3)14-15-26(21)28(31(24)27(32)5-2)20-10-12-22(13-11-20)30-23-8-7-16-29-19-23/h2,7-8,10-16,18-19,24,28,30H,4,6,9,17H2,1,3H3/t24-,28-/m0/s1. The zero-order valence-electron chi connectivity index (χ0n) is 19.1. The molecule has 2 heterocycles. The average Bonchev–Trinajstić information content (AvgIpc) is 2.86. The first kappa shape index (κ1) is 22.4. The molecule has 1 aromatic heterocycles. The predicted molar refractivity (Wildman–Crippen MR) is 131 cm³/mol. The lowest BCUT2D eigenvalue weighted by Gasteiger charge is -2.43. The molecule has 1 amide bonds. The molecule has 0 radical (unpaired) electrons. The van der Waals surface area contributed by atoms with Crippen molar-refractivity contribution in [2.45, 2.75) is 44.7 Å². The van der Waals surface area contributed by atoms with Crippen LogP contribution in [-0.4, -0.2) is 28.9 Å². The lowest BCUT2D eigenvalue weighted by Crippen LogP contribution is -2.47. The summed E-state index contributed by atoms with van der Waals surface area (Å²) in [5.41, 5.74) is 5.21. The third-order valence-corrected chi connectivity index (χ3v) is 6.20. The molecule has 0 saturated carbocycles. The second-order valence-corrected chi connectivity index (χ2v) is 8.31. The van der Waals surface area contributed by atoms with Gasteiger partial charge in [-0.3, -0.25) is 9.78 Å². The maximum Gasteiger partial charge on any atom is 0.299 e. The van der Waals surface area contributed by atoms with Crippen LogP contribution in [0.4, 0.5) is 11.4 Å². The third kappa shape index (κ3) is 4.85. The molecule has 0 bridgehead atoms. The first-order valence-corrected chi connectivity index (χ1v) is 11.4. The van der Waals surface area contributed by atoms with E-state index in [1.165, 1.54) is 5.56 Å². The van der Waals surface area contributed by atoms with Crippen molar-refractivity contribution in [2.24, 2.45) is 0 Å². The number of amides is 1. The van der Waals surface area contributed by atoms with Crippen molar-refractivity contribution in [3.8, 4) is 18.1 Å². The van der Waals surface area contributed by atoms with Crippen molar-refractivity contribution in [1.29, 1.82) is 0 Å². The Morgan fingerprint density at radius 2 is 2.03 bits per heavy atom. The molecular weight excluding hydrogens is 410 g/mol. The number of aromatic nitrogens is 1. The summed E-state index contributed by atoms with van der Waals surface area (Å²) in [7, 11) is 1.68. The van der Waals surface area contributed by atoms with E-state index >= 15 is 0 Å². The Morgan fingerprint density at radius 3 is 2.70 bits per heavy atom. The van der Waals surface area contributed by atoms with Gasteiger partial charge in [0, 0.05) is 17.9 Å². The number of carbonyl (C=O) groups excluding carboxylic acids is 1. The number of carbonyl (C=O) groups is 1. The van der Waals surface area contributed by atoms with Crippen molar-refractivity contribution in [3.63, 3.8) is 0 Å². The highest BCUT2D eigenvalue weighted by atomic mass is 16.5. The molecule has 1 N–H and O–H groups in total. The van der Waals surface area contributed by atoms with E-state index in [1.54, 1.807) is 19.5 Å². The van der Waals surface area contributed by atoms with Gasteiger partial charge in [0.1, 0.15) is 5.75 Å². The number of hydrogen-bond acceptors (Lipinski definition) is 4. The van der Waals surface area contributed by atoms with Gasteiger partial charge in [-0.25, -0.2) is 0 Å². The number of ether oxygens (including phenoxy) is 1. The van der Waals surface area contributed by atoms with Crippen LogP contribution >= 0.6 is 0 Å². The zero-order valence-corrected chi connectivity index (χ0v) is 19.1. The van der Waals surface area contributed by atoms with Crippen LogP contribution in [0.15, 0.2) is 67.0 Å². The van der Waals surface area contributed by atoms with Gasteiger partial charge in [-0.05, 0) is 71.9 Å². The molecule has 2 atom stereocenters. The monoisotopic (exact) mass is 439 g/mol. The van der Waals surface area contributed by atoms with Gasteiger partial charge < -0.3 is 15.0 Å². The molecular formula is C28H29N3O2. The quantitative estimate of drug-likeness (QED) is 0.494. The van der Waals surface area contributed by atoms with E-state index in [1.807, 2.05) is 35.2 Å². The maximum absolute atomic E-state index is 13.0. The van der Waals surface area contributed by atoms with E-state index in [0.717, 1.165) is 53.9 Å². The Labute approximate surface area is 195 Å². The highest BCUT2D eigenvalue weighted by Gasteiger charge is 2.37. The number of benzene rings is 2. The Balaban J connectivity index is 1.74. The van der Waals surface area contributed by atoms with Crippen LogP contribution in [-0.2, 0) is 11.2 Å². The molecule has 0 saturated heterocycles. The number of nitrogens with one attached hydrogen (secondary N) is 1. The molecule has 33 heavy (non-hydrogen) atoms. The van der Waals surface area contributed by atoms with E-state index in [4.69, 9.17) is 11.2 Å². The number of methoxy groups -OCH3 is 1. The average molecular weight is 440 g/mol. The number of nitrogens with zero attached hydrogens (tertiary/aromatic N) is 2. The molecule has 5 nitrogen and oxygen atoms in total. The van der Waals surface area contributed by atoms with Gasteiger partial charge in [-0.2, -0.15) is 0 Å². The summed E-state index contributed by atoms with van der Waals surface area (Å²) in [6.07, 6.45) is 13.0. The second-order valence-electron chi connectivity index (χ2n) is 8.31. The summed E-state index contributed by atoms with van der Waals surface area (Å²) >= 11 is 0. The van der Waals surface area contributed by atoms with Gasteiger partial charge in [0.2, 0.25) is 0 Å². The number of terminal acetylenes is 1. The smallest absolute Gasteiger partial charge is 0.299 e. The lowest BCUT2D eigenvalue weighted by atomic mass is 9.83. The Kier molecular flexibility index (Phi) is 6.95. The molecule has 0 spiro atoms. The summed E-state index contributed by atoms with van der Waals surface area (Å²) in [6.45, 7) is 2.17. The van der Waals surface area contributed by atoms with Crippen LogP contribution in [0.3, 0.4) is 0 Å². The molecule has 5 heteroatoms. The number of anilines is 2. The lowest BCUT2D eigenvalue weighted by molar-refractivity contribution is -0.130. The second kappa shape index (κ2) is 10.2. The number of hydrogen-bond donors (Lipinski definition) is 1. The minimum Gasteiger partial charge on any atom is -0.497 e. The van der Waals surface area contributed by atoms with Crippen molar-refractivity contribution in [1.82, 2.24) is 9.88 Å². The Bertz CT molecular complexity index is 1140. The van der Waals surface area contributed by atoms with E-state index < -0.39 is 0 Å². The molecule has 0 aliphatic carbocycles. The molecule has 3 aromatic rings. The minimum atomic E-state index is -0.264. The molecule has 1 aliphatic rings. The van der Waals surface area contributed by atoms with Crippen molar-refractivity contribution in [2.75, 3.05) is 12.4 Å². The molecule has 4 rings (SSSR count). The van der Waals surface area contributed by atoms with E-state index in [-0.39, 0.29) is 18.0 Å². The van der Waals surface area contributed by atoms with Crippen molar-refractivity contribution < 1.29 is 9.53 Å².